The van der Waals surface area contributed by atoms with Crippen molar-refractivity contribution >= 4 is 22.7 Å². The van der Waals surface area contributed by atoms with Crippen LogP contribution in [0.1, 0.15) is 40.4 Å². The van der Waals surface area contributed by atoms with Gasteiger partial charge in [-0.3, -0.25) is 9.36 Å². The molecule has 0 aliphatic carbocycles. The fourth-order valence-corrected chi connectivity index (χ4v) is 4.74. The van der Waals surface area contributed by atoms with Gasteiger partial charge in [0, 0.05) is 29.8 Å². The van der Waals surface area contributed by atoms with E-state index in [2.05, 4.69) is 10.3 Å². The van der Waals surface area contributed by atoms with E-state index in [1.165, 1.54) is 6.07 Å². The minimum absolute atomic E-state index is 0.0264. The number of carboxylic acid groups (broad SMARTS) is 1. The van der Waals surface area contributed by atoms with Gasteiger partial charge in [-0.2, -0.15) is 13.2 Å². The molecule has 0 radical (unpaired) electrons. The van der Waals surface area contributed by atoms with Crippen LogP contribution >= 0.6 is 0 Å². The highest BCUT2D eigenvalue weighted by Gasteiger charge is 2.31. The maximum atomic E-state index is 13.3. The Balaban J connectivity index is 1.42. The third kappa shape index (κ3) is 4.36. The van der Waals surface area contributed by atoms with Crippen LogP contribution in [-0.4, -0.2) is 27.2 Å². The number of imidazole rings is 1. The van der Waals surface area contributed by atoms with Crippen LogP contribution in [0.2, 0.25) is 0 Å². The van der Waals surface area contributed by atoms with E-state index in [0.717, 1.165) is 40.2 Å². The first-order valence-corrected chi connectivity index (χ1v) is 11.5. The van der Waals surface area contributed by atoms with Crippen molar-refractivity contribution in [2.75, 3.05) is 11.9 Å². The normalized spacial score (nSPS) is 15.1. The number of nitrogens with zero attached hydrogens (tertiary/aromatic N) is 2. The summed E-state index contributed by atoms with van der Waals surface area (Å²) in [7, 11) is 0. The molecule has 1 aromatic heterocycles. The van der Waals surface area contributed by atoms with Gasteiger partial charge in [0.1, 0.15) is 11.6 Å². The molecule has 1 atom stereocenters. The Morgan fingerprint density at radius 2 is 1.97 bits per heavy atom. The SMILES string of the molecule is Cc1c(CNc2ccc3c(c2)OCC3CC(=O)O)cccc1-n1c(C)nc2ccc(C(F)(F)F)cc21. The molecule has 1 unspecified atom stereocenters. The molecule has 36 heavy (non-hydrogen) atoms. The van der Waals surface area contributed by atoms with E-state index in [9.17, 15) is 18.0 Å². The summed E-state index contributed by atoms with van der Waals surface area (Å²) in [6.07, 6.45) is -4.41. The summed E-state index contributed by atoms with van der Waals surface area (Å²) in [6, 6.07) is 15.0. The number of benzene rings is 3. The number of alkyl halides is 3. The van der Waals surface area contributed by atoms with E-state index in [-0.39, 0.29) is 12.3 Å². The second kappa shape index (κ2) is 8.89. The standard InChI is InChI=1S/C27H24F3N3O3/c1-15-17(13-31-20-7-8-21-18(10-26(34)35)14-36-25(21)12-20)4-3-5-23(15)33-16(2)32-22-9-6-19(11-24(22)33)27(28,29)30/h3-9,11-12,18,31H,10,13-14H2,1-2H3,(H,34,35). The number of carbonyl (C=O) groups is 1. The van der Waals surface area contributed by atoms with Crippen LogP contribution in [0, 0.1) is 13.8 Å². The van der Waals surface area contributed by atoms with E-state index < -0.39 is 17.7 Å². The Bertz CT molecular complexity index is 1480. The average molecular weight is 496 g/mol. The monoisotopic (exact) mass is 495 g/mol. The Morgan fingerprint density at radius 1 is 1.17 bits per heavy atom. The van der Waals surface area contributed by atoms with E-state index in [0.29, 0.717) is 35.8 Å². The van der Waals surface area contributed by atoms with Gasteiger partial charge < -0.3 is 15.2 Å². The van der Waals surface area contributed by atoms with Crippen molar-refractivity contribution in [3.63, 3.8) is 0 Å². The molecule has 4 aromatic rings. The van der Waals surface area contributed by atoms with E-state index in [4.69, 9.17) is 9.84 Å². The molecule has 5 rings (SSSR count). The molecule has 9 heteroatoms. The average Bonchev–Trinajstić information content (AvgIpc) is 3.36. The minimum Gasteiger partial charge on any atom is -0.493 e. The van der Waals surface area contributed by atoms with Gasteiger partial charge in [0.05, 0.1) is 35.3 Å². The molecular weight excluding hydrogens is 471 g/mol. The first-order chi connectivity index (χ1) is 17.1. The third-order valence-corrected chi connectivity index (χ3v) is 6.61. The highest BCUT2D eigenvalue weighted by Crippen LogP contribution is 2.38. The van der Waals surface area contributed by atoms with Crippen molar-refractivity contribution in [2.45, 2.75) is 38.9 Å². The lowest BCUT2D eigenvalue weighted by atomic mass is 9.98. The summed E-state index contributed by atoms with van der Waals surface area (Å²) < 4.78 is 47.5. The minimum atomic E-state index is -4.44. The number of anilines is 1. The summed E-state index contributed by atoms with van der Waals surface area (Å²) in [5, 5.41) is 12.5. The van der Waals surface area contributed by atoms with Crippen LogP contribution in [0.4, 0.5) is 18.9 Å². The van der Waals surface area contributed by atoms with E-state index >= 15 is 0 Å². The molecule has 3 aromatic carbocycles. The zero-order chi connectivity index (χ0) is 25.6. The number of aromatic nitrogens is 2. The molecule has 1 aliphatic rings. The van der Waals surface area contributed by atoms with Crippen LogP contribution in [0.15, 0.2) is 54.6 Å². The fourth-order valence-electron chi connectivity index (χ4n) is 4.74. The number of aryl methyl sites for hydroxylation is 1. The summed E-state index contributed by atoms with van der Waals surface area (Å²) in [6.45, 7) is 4.55. The van der Waals surface area contributed by atoms with Gasteiger partial charge in [-0.15, -0.1) is 0 Å². The summed E-state index contributed by atoms with van der Waals surface area (Å²) in [4.78, 5) is 15.5. The first-order valence-electron chi connectivity index (χ1n) is 11.5. The number of aliphatic carboxylic acids is 1. The largest absolute Gasteiger partial charge is 0.493 e. The van der Waals surface area contributed by atoms with Gasteiger partial charge in [0.15, 0.2) is 0 Å². The molecule has 0 bridgehead atoms. The Kier molecular flexibility index (Phi) is 5.86. The van der Waals surface area contributed by atoms with Crippen molar-refractivity contribution < 1.29 is 27.8 Å². The molecular formula is C27H24F3N3O3. The molecule has 0 saturated carbocycles. The van der Waals surface area contributed by atoms with Crippen molar-refractivity contribution in [2.24, 2.45) is 0 Å². The number of halogens is 3. The molecule has 2 heterocycles. The smallest absolute Gasteiger partial charge is 0.416 e. The number of rotatable bonds is 6. The van der Waals surface area contributed by atoms with Crippen LogP contribution in [0.5, 0.6) is 5.75 Å². The van der Waals surface area contributed by atoms with Crippen molar-refractivity contribution in [1.29, 1.82) is 0 Å². The summed E-state index contributed by atoms with van der Waals surface area (Å²) >= 11 is 0. The first kappa shape index (κ1) is 23.7. The topological polar surface area (TPSA) is 76.4 Å². The lowest BCUT2D eigenvalue weighted by Gasteiger charge is -2.16. The van der Waals surface area contributed by atoms with Crippen LogP contribution in [-0.2, 0) is 17.5 Å². The predicted octanol–water partition coefficient (Wildman–Crippen LogP) is 6.22. The molecule has 0 amide bonds. The van der Waals surface area contributed by atoms with Gasteiger partial charge in [-0.25, -0.2) is 4.98 Å². The maximum Gasteiger partial charge on any atom is 0.416 e. The molecule has 0 saturated heterocycles. The second-order valence-electron chi connectivity index (χ2n) is 8.97. The van der Waals surface area contributed by atoms with Gasteiger partial charge in [-0.05, 0) is 55.3 Å². The predicted molar refractivity (Wildman–Crippen MR) is 130 cm³/mol. The zero-order valence-corrected chi connectivity index (χ0v) is 19.7. The number of hydrogen-bond acceptors (Lipinski definition) is 4. The third-order valence-electron chi connectivity index (χ3n) is 6.61. The molecule has 2 N–H and O–H groups in total. The van der Waals surface area contributed by atoms with Crippen LogP contribution in [0.25, 0.3) is 16.7 Å². The van der Waals surface area contributed by atoms with Gasteiger partial charge in [0.2, 0.25) is 0 Å². The fraction of sp³-hybridized carbons (Fsp3) is 0.259. The van der Waals surface area contributed by atoms with E-state index in [1.807, 2.05) is 43.3 Å². The Morgan fingerprint density at radius 3 is 2.72 bits per heavy atom. The van der Waals surface area contributed by atoms with Crippen LogP contribution < -0.4 is 10.1 Å². The zero-order valence-electron chi connectivity index (χ0n) is 19.7. The number of fused-ring (bicyclic) bond motifs is 2. The van der Waals surface area contributed by atoms with Gasteiger partial charge >= 0.3 is 12.1 Å². The summed E-state index contributed by atoms with van der Waals surface area (Å²) in [5.41, 5.74) is 4.58. The highest BCUT2D eigenvalue weighted by atomic mass is 19.4. The Hall–Kier alpha value is -4.01. The quantitative estimate of drug-likeness (QED) is 0.332. The number of ether oxygens (including phenoxy) is 1. The van der Waals surface area contributed by atoms with Gasteiger partial charge in [0.25, 0.3) is 0 Å². The summed E-state index contributed by atoms with van der Waals surface area (Å²) in [5.74, 6) is 0.267. The van der Waals surface area contributed by atoms with E-state index in [1.54, 1.807) is 11.5 Å². The number of hydrogen-bond donors (Lipinski definition) is 2. The molecule has 0 fully saturated rings. The van der Waals surface area contributed by atoms with Crippen molar-refractivity contribution in [3.8, 4) is 11.4 Å². The van der Waals surface area contributed by atoms with Gasteiger partial charge in [-0.1, -0.05) is 18.2 Å². The lowest BCUT2D eigenvalue weighted by Crippen LogP contribution is -2.07. The highest BCUT2D eigenvalue weighted by molar-refractivity contribution is 5.80. The number of nitrogens with one attached hydrogen (secondary N) is 1. The Labute approximate surface area is 205 Å². The lowest BCUT2D eigenvalue weighted by molar-refractivity contribution is -0.138. The van der Waals surface area contributed by atoms with Crippen molar-refractivity contribution in [3.05, 3.63) is 82.7 Å². The van der Waals surface area contributed by atoms with Crippen LogP contribution in [0.3, 0.4) is 0 Å². The van der Waals surface area contributed by atoms with Crippen molar-refractivity contribution in [1.82, 2.24) is 9.55 Å². The molecule has 1 aliphatic heterocycles. The molecule has 6 nitrogen and oxygen atoms in total. The molecule has 0 spiro atoms. The second-order valence-corrected chi connectivity index (χ2v) is 8.97. The number of carboxylic acids is 1. The molecule has 186 valence electrons. The maximum absolute atomic E-state index is 13.3.